The van der Waals surface area contributed by atoms with Gasteiger partial charge in [0.2, 0.25) is 0 Å². The predicted molar refractivity (Wildman–Crippen MR) is 79.1 cm³/mol. The molecule has 0 aliphatic rings. The van der Waals surface area contributed by atoms with E-state index in [-0.39, 0.29) is 6.61 Å². The Bertz CT molecular complexity index is 578. The van der Waals surface area contributed by atoms with Crippen molar-refractivity contribution in [2.45, 2.75) is 39.2 Å². The molecule has 1 aromatic carbocycles. The molecule has 0 aliphatic carbocycles. The first-order chi connectivity index (χ1) is 9.56. The molecule has 2 atom stereocenters. The maximum Gasteiger partial charge on any atom is 0.102 e. The Kier molecular flexibility index (Phi) is 4.57. The highest BCUT2D eigenvalue weighted by Crippen LogP contribution is 2.28. The fourth-order valence-corrected chi connectivity index (χ4v) is 2.26. The van der Waals surface area contributed by atoms with E-state index in [9.17, 15) is 5.11 Å². The third kappa shape index (κ3) is 2.92. The van der Waals surface area contributed by atoms with Crippen LogP contribution in [-0.2, 0) is 0 Å². The van der Waals surface area contributed by atoms with Gasteiger partial charge in [-0.1, -0.05) is 26.0 Å². The lowest BCUT2D eigenvalue weighted by Crippen LogP contribution is -2.08. The predicted octanol–water partition coefficient (Wildman–Crippen LogP) is 2.72. The van der Waals surface area contributed by atoms with E-state index in [4.69, 9.17) is 5.11 Å². The number of benzene rings is 1. The van der Waals surface area contributed by atoms with Crippen molar-refractivity contribution < 1.29 is 10.2 Å². The van der Waals surface area contributed by atoms with Crippen LogP contribution in [0.5, 0.6) is 0 Å². The minimum Gasteiger partial charge on any atom is -0.393 e. The first-order valence-corrected chi connectivity index (χ1v) is 7.02. The van der Waals surface area contributed by atoms with Crippen LogP contribution in [-0.4, -0.2) is 26.6 Å². The Hall–Kier alpha value is -1.65. The molecule has 108 valence electrons. The topological polar surface area (TPSA) is 58.3 Å². The summed E-state index contributed by atoms with van der Waals surface area (Å²) in [4.78, 5) is 0. The summed E-state index contributed by atoms with van der Waals surface area (Å²) >= 11 is 0. The molecule has 4 nitrogen and oxygen atoms in total. The summed E-state index contributed by atoms with van der Waals surface area (Å²) in [7, 11) is 0. The second-order valence-electron chi connectivity index (χ2n) is 5.23. The second-order valence-corrected chi connectivity index (χ2v) is 5.23. The van der Waals surface area contributed by atoms with Gasteiger partial charge in [-0.25, -0.2) is 4.68 Å². The van der Waals surface area contributed by atoms with Crippen LogP contribution in [0, 0.1) is 6.92 Å². The van der Waals surface area contributed by atoms with Crippen molar-refractivity contribution in [2.24, 2.45) is 0 Å². The van der Waals surface area contributed by atoms with E-state index in [0.29, 0.717) is 11.5 Å². The third-order valence-corrected chi connectivity index (χ3v) is 3.72. The number of rotatable bonds is 5. The monoisotopic (exact) mass is 274 g/mol. The molecule has 0 radical (unpaired) electrons. The average molecular weight is 274 g/mol. The smallest absolute Gasteiger partial charge is 0.102 e. The highest BCUT2D eigenvalue weighted by atomic mass is 16.3. The molecule has 2 unspecified atom stereocenters. The Morgan fingerprint density at radius 2 is 2.05 bits per heavy atom. The van der Waals surface area contributed by atoms with Gasteiger partial charge in [-0.2, -0.15) is 5.10 Å². The molecule has 0 fully saturated rings. The molecule has 0 saturated heterocycles. The lowest BCUT2D eigenvalue weighted by atomic mass is 9.94. The summed E-state index contributed by atoms with van der Waals surface area (Å²) in [5, 5.41) is 23.4. The summed E-state index contributed by atoms with van der Waals surface area (Å²) in [5.41, 5.74) is 3.83. The van der Waals surface area contributed by atoms with Crippen molar-refractivity contribution >= 4 is 0 Å². The highest BCUT2D eigenvalue weighted by Gasteiger charge is 2.15. The molecule has 0 spiro atoms. The third-order valence-electron chi connectivity index (χ3n) is 3.72. The average Bonchev–Trinajstić information content (AvgIpc) is 2.91. The Morgan fingerprint density at radius 3 is 2.60 bits per heavy atom. The van der Waals surface area contributed by atoms with Crippen LogP contribution in [0.4, 0.5) is 0 Å². The van der Waals surface area contributed by atoms with Gasteiger partial charge in [0, 0.05) is 6.20 Å². The molecule has 2 rings (SSSR count). The van der Waals surface area contributed by atoms with Crippen molar-refractivity contribution in [3.05, 3.63) is 47.3 Å². The van der Waals surface area contributed by atoms with Crippen molar-refractivity contribution in [2.75, 3.05) is 6.61 Å². The van der Waals surface area contributed by atoms with Crippen LogP contribution in [0.25, 0.3) is 5.69 Å². The van der Waals surface area contributed by atoms with Crippen molar-refractivity contribution in [1.29, 1.82) is 0 Å². The zero-order chi connectivity index (χ0) is 14.7. The van der Waals surface area contributed by atoms with Gasteiger partial charge in [0.15, 0.2) is 0 Å². The summed E-state index contributed by atoms with van der Waals surface area (Å²) in [5.74, 6) is 0.412. The fourth-order valence-electron chi connectivity index (χ4n) is 2.26. The first-order valence-electron chi connectivity index (χ1n) is 7.02. The lowest BCUT2D eigenvalue weighted by molar-refractivity contribution is 0.0956. The molecule has 4 heteroatoms. The Balaban J connectivity index is 2.53. The van der Waals surface area contributed by atoms with Crippen molar-refractivity contribution in [3.8, 4) is 5.69 Å². The molecule has 0 amide bonds. The minimum atomic E-state index is -0.851. The maximum atomic E-state index is 9.81. The maximum absolute atomic E-state index is 9.81. The number of aliphatic hydroxyl groups is 2. The van der Waals surface area contributed by atoms with Crippen molar-refractivity contribution in [3.63, 3.8) is 0 Å². The second kappa shape index (κ2) is 6.20. The van der Waals surface area contributed by atoms with E-state index in [1.807, 2.05) is 42.1 Å². The number of aryl methyl sites for hydroxylation is 1. The zero-order valence-corrected chi connectivity index (χ0v) is 12.2. The van der Waals surface area contributed by atoms with E-state index >= 15 is 0 Å². The molecular weight excluding hydrogens is 252 g/mol. The largest absolute Gasteiger partial charge is 0.393 e. The van der Waals surface area contributed by atoms with Crippen LogP contribution < -0.4 is 0 Å². The SMILES string of the molecule is CCC(C)c1ccc(C(O)CO)cc1-n1ccc(C)n1. The van der Waals surface area contributed by atoms with Gasteiger partial charge in [0.05, 0.1) is 18.0 Å². The van der Waals surface area contributed by atoms with Gasteiger partial charge in [-0.15, -0.1) is 0 Å². The van der Waals surface area contributed by atoms with Crippen LogP contribution >= 0.6 is 0 Å². The molecular formula is C16H22N2O2. The number of nitrogens with zero attached hydrogens (tertiary/aromatic N) is 2. The van der Waals surface area contributed by atoms with Gasteiger partial charge >= 0.3 is 0 Å². The van der Waals surface area contributed by atoms with Gasteiger partial charge in [0.1, 0.15) is 6.10 Å². The molecule has 0 aliphatic heterocycles. The van der Waals surface area contributed by atoms with E-state index < -0.39 is 6.10 Å². The summed E-state index contributed by atoms with van der Waals surface area (Å²) < 4.78 is 1.84. The van der Waals surface area contributed by atoms with Gasteiger partial charge in [-0.05, 0) is 42.5 Å². The summed E-state index contributed by atoms with van der Waals surface area (Å²) in [6, 6.07) is 7.77. The number of aromatic nitrogens is 2. The van der Waals surface area contributed by atoms with E-state index in [1.165, 1.54) is 5.56 Å². The van der Waals surface area contributed by atoms with E-state index in [2.05, 4.69) is 18.9 Å². The first kappa shape index (κ1) is 14.8. The highest BCUT2D eigenvalue weighted by molar-refractivity contribution is 5.46. The Morgan fingerprint density at radius 1 is 1.30 bits per heavy atom. The molecule has 1 aromatic heterocycles. The van der Waals surface area contributed by atoms with Crippen LogP contribution in [0.15, 0.2) is 30.5 Å². The minimum absolute atomic E-state index is 0.278. The molecule has 1 heterocycles. The normalized spacial score (nSPS) is 14.2. The number of hydrogen-bond acceptors (Lipinski definition) is 3. The van der Waals surface area contributed by atoms with Gasteiger partial charge in [-0.3, -0.25) is 0 Å². The fraction of sp³-hybridized carbons (Fsp3) is 0.438. The number of aliphatic hydroxyl groups excluding tert-OH is 2. The van der Waals surface area contributed by atoms with E-state index in [1.54, 1.807) is 0 Å². The van der Waals surface area contributed by atoms with Crippen molar-refractivity contribution in [1.82, 2.24) is 9.78 Å². The van der Waals surface area contributed by atoms with Crippen LogP contribution in [0.1, 0.15) is 49.1 Å². The number of hydrogen-bond donors (Lipinski definition) is 2. The zero-order valence-electron chi connectivity index (χ0n) is 12.2. The molecule has 0 saturated carbocycles. The van der Waals surface area contributed by atoms with Gasteiger partial charge < -0.3 is 10.2 Å². The molecule has 2 aromatic rings. The molecule has 20 heavy (non-hydrogen) atoms. The Labute approximate surface area is 119 Å². The van der Waals surface area contributed by atoms with Gasteiger partial charge in [0.25, 0.3) is 0 Å². The summed E-state index contributed by atoms with van der Waals surface area (Å²) in [6.45, 7) is 6.00. The van der Waals surface area contributed by atoms with Crippen LogP contribution in [0.2, 0.25) is 0 Å². The quantitative estimate of drug-likeness (QED) is 0.881. The summed E-state index contributed by atoms with van der Waals surface area (Å²) in [6.07, 6.45) is 2.11. The standard InChI is InChI=1S/C16H22N2O2/c1-4-11(2)14-6-5-13(16(20)10-19)9-15(14)18-8-7-12(3)17-18/h5-9,11,16,19-20H,4,10H2,1-3H3. The van der Waals surface area contributed by atoms with Crippen LogP contribution in [0.3, 0.4) is 0 Å². The molecule has 2 N–H and O–H groups in total. The lowest BCUT2D eigenvalue weighted by Gasteiger charge is -2.18. The molecule has 0 bridgehead atoms. The van der Waals surface area contributed by atoms with E-state index in [0.717, 1.165) is 17.8 Å².